The summed E-state index contributed by atoms with van der Waals surface area (Å²) in [6.45, 7) is 3.99. The topological polar surface area (TPSA) is 138 Å². The molecule has 8 nitrogen and oxygen atoms in total. The molecule has 0 spiro atoms. The molecule has 8 aromatic carbocycles. The van der Waals surface area contributed by atoms with Gasteiger partial charge in [-0.25, -0.2) is 13.2 Å². The van der Waals surface area contributed by atoms with Crippen LogP contribution in [-0.2, 0) is 62.0 Å². The monoisotopic (exact) mass is 1080 g/mol. The number of rotatable bonds is 13. The van der Waals surface area contributed by atoms with Crippen LogP contribution in [0.4, 0.5) is 39.5 Å². The Bertz CT molecular complexity index is 3190. The average molecular weight is 1080 g/mol. The SMILES string of the molecule is CCOC(=O)Cc1ccccc1-c1ccc(C(F)(F)F)cc1.Cc1ccc(-c2ccc(F)cc2CC(=O)O)cc1.O=C(O)Cc1cc(F)ccc1-c1ccc(F)cc1.O=C(O)Cc1ccccc1-c1ccc(C(F)(F)F)cc1. The predicted octanol–water partition coefficient (Wildman–Crippen LogP) is 15.2. The molecule has 0 fully saturated rings. The Morgan fingerprint density at radius 2 is 0.705 bits per heavy atom. The molecule has 0 aromatic heterocycles. The van der Waals surface area contributed by atoms with Crippen LogP contribution in [0.2, 0.25) is 0 Å². The van der Waals surface area contributed by atoms with Crippen molar-refractivity contribution in [1.82, 2.24) is 0 Å². The van der Waals surface area contributed by atoms with E-state index in [1.54, 1.807) is 61.5 Å². The number of aliphatic carboxylic acids is 3. The minimum Gasteiger partial charge on any atom is -0.481 e. The summed E-state index contributed by atoms with van der Waals surface area (Å²) in [7, 11) is 0. The van der Waals surface area contributed by atoms with Gasteiger partial charge in [-0.05, 0) is 141 Å². The Morgan fingerprint density at radius 3 is 1.06 bits per heavy atom. The molecule has 17 heteroatoms. The summed E-state index contributed by atoms with van der Waals surface area (Å²) in [5, 5.41) is 26.5. The van der Waals surface area contributed by atoms with E-state index in [9.17, 15) is 58.7 Å². The molecular formula is C61H49F9O8. The maximum Gasteiger partial charge on any atom is 0.416 e. The minimum absolute atomic E-state index is 0.0883. The van der Waals surface area contributed by atoms with Gasteiger partial charge in [0, 0.05) is 0 Å². The van der Waals surface area contributed by atoms with Crippen LogP contribution in [0.1, 0.15) is 45.9 Å². The highest BCUT2D eigenvalue weighted by Crippen LogP contribution is 2.34. The van der Waals surface area contributed by atoms with E-state index in [1.807, 2.05) is 31.2 Å². The number of esters is 1. The summed E-state index contributed by atoms with van der Waals surface area (Å²) in [5.74, 6) is -4.62. The molecule has 404 valence electrons. The van der Waals surface area contributed by atoms with Crippen LogP contribution in [0.5, 0.6) is 0 Å². The van der Waals surface area contributed by atoms with Gasteiger partial charge in [0.2, 0.25) is 0 Å². The summed E-state index contributed by atoms with van der Waals surface area (Å²) < 4.78 is 119. The first kappa shape index (κ1) is 59.9. The molecule has 0 unspecified atom stereocenters. The van der Waals surface area contributed by atoms with Gasteiger partial charge in [-0.1, -0.05) is 127 Å². The summed E-state index contributed by atoms with van der Waals surface area (Å²) in [5.41, 5.74) is 7.33. The Labute approximate surface area is 442 Å². The third-order valence-electron chi connectivity index (χ3n) is 11.4. The third kappa shape index (κ3) is 18.4. The van der Waals surface area contributed by atoms with Crippen LogP contribution in [0.25, 0.3) is 44.5 Å². The summed E-state index contributed by atoms with van der Waals surface area (Å²) >= 11 is 0. The lowest BCUT2D eigenvalue weighted by Gasteiger charge is -2.11. The maximum atomic E-state index is 13.2. The molecule has 0 atom stereocenters. The van der Waals surface area contributed by atoms with Gasteiger partial charge in [-0.15, -0.1) is 0 Å². The zero-order valence-corrected chi connectivity index (χ0v) is 41.6. The second kappa shape index (κ2) is 27.7. The number of ether oxygens (including phenoxy) is 1. The van der Waals surface area contributed by atoms with Gasteiger partial charge >= 0.3 is 36.2 Å². The summed E-state index contributed by atoms with van der Waals surface area (Å²) in [6, 6.07) is 45.0. The Balaban J connectivity index is 0.000000192. The van der Waals surface area contributed by atoms with Crippen LogP contribution in [-0.4, -0.2) is 45.8 Å². The first-order chi connectivity index (χ1) is 36.9. The fraction of sp³-hybridized carbons (Fsp3) is 0.148. The summed E-state index contributed by atoms with van der Waals surface area (Å²) in [4.78, 5) is 43.9. The molecule has 8 aromatic rings. The van der Waals surface area contributed by atoms with E-state index >= 15 is 0 Å². The van der Waals surface area contributed by atoms with Crippen molar-refractivity contribution in [2.24, 2.45) is 0 Å². The molecule has 0 aliphatic carbocycles. The van der Waals surface area contributed by atoms with Crippen molar-refractivity contribution < 1.29 is 78.7 Å². The van der Waals surface area contributed by atoms with Gasteiger partial charge in [-0.2, -0.15) is 26.3 Å². The van der Waals surface area contributed by atoms with Crippen molar-refractivity contribution in [3.05, 3.63) is 238 Å². The molecule has 0 heterocycles. The van der Waals surface area contributed by atoms with E-state index in [0.717, 1.165) is 52.1 Å². The highest BCUT2D eigenvalue weighted by Gasteiger charge is 2.31. The molecule has 0 aliphatic heterocycles. The number of hydrogen-bond donors (Lipinski definition) is 3. The standard InChI is InChI=1S/C17H15F3O2.C15H11F3O2.C15H13FO2.C14H10F2O2/c1-2-22-16(21)11-13-5-3-4-6-15(13)12-7-9-14(10-8-12)17(18,19)20;16-15(17,18)12-7-5-10(6-8-12)13-4-2-1-3-11(13)9-14(19)20;1-10-2-4-11(5-3-10)14-7-6-13(16)8-12(14)9-15(17)18;15-11-3-1-9(2-4-11)13-6-5-12(16)7-10(13)8-14(17)18/h3-10H,2,11H2,1H3;1-8H,9H2,(H,19,20);2-8H,9H2,1H3,(H,17,18);1-7H,8H2,(H,17,18). The Kier molecular flexibility index (Phi) is 21.3. The first-order valence-corrected chi connectivity index (χ1v) is 23.6. The number of alkyl halides is 6. The van der Waals surface area contributed by atoms with Crippen LogP contribution in [0.3, 0.4) is 0 Å². The molecule has 8 rings (SSSR count). The summed E-state index contributed by atoms with van der Waals surface area (Å²) in [6.07, 6.45) is -9.27. The molecule has 78 heavy (non-hydrogen) atoms. The lowest BCUT2D eigenvalue weighted by Crippen LogP contribution is -2.08. The van der Waals surface area contributed by atoms with Gasteiger partial charge < -0.3 is 20.1 Å². The number of carbonyl (C=O) groups is 4. The quantitative estimate of drug-likeness (QED) is 0.0767. The van der Waals surface area contributed by atoms with E-state index < -0.39 is 53.0 Å². The van der Waals surface area contributed by atoms with Crippen molar-refractivity contribution in [2.75, 3.05) is 6.61 Å². The van der Waals surface area contributed by atoms with Gasteiger partial charge in [0.1, 0.15) is 17.5 Å². The first-order valence-electron chi connectivity index (χ1n) is 23.6. The Hall–Kier alpha value is -8.99. The number of halogens is 9. The molecule has 0 amide bonds. The lowest BCUT2D eigenvalue weighted by molar-refractivity contribution is -0.142. The fourth-order valence-corrected chi connectivity index (χ4v) is 7.79. The zero-order chi connectivity index (χ0) is 57.2. The number of benzene rings is 8. The average Bonchev–Trinajstić information content (AvgIpc) is 3.38. The molecule has 0 bridgehead atoms. The van der Waals surface area contributed by atoms with E-state index in [0.29, 0.717) is 51.1 Å². The van der Waals surface area contributed by atoms with E-state index in [-0.39, 0.29) is 37.5 Å². The molecular weight excluding hydrogens is 1030 g/mol. The molecule has 0 saturated carbocycles. The van der Waals surface area contributed by atoms with Crippen LogP contribution < -0.4 is 0 Å². The number of carbonyl (C=O) groups excluding carboxylic acids is 1. The molecule has 0 saturated heterocycles. The van der Waals surface area contributed by atoms with Crippen molar-refractivity contribution in [3.8, 4) is 44.5 Å². The predicted molar refractivity (Wildman–Crippen MR) is 276 cm³/mol. The number of carboxylic acid groups (broad SMARTS) is 3. The van der Waals surface area contributed by atoms with E-state index in [2.05, 4.69) is 0 Å². The van der Waals surface area contributed by atoms with Crippen molar-refractivity contribution >= 4 is 23.9 Å². The van der Waals surface area contributed by atoms with Crippen molar-refractivity contribution in [2.45, 2.75) is 51.9 Å². The molecule has 3 N–H and O–H groups in total. The number of aryl methyl sites for hydroxylation is 1. The van der Waals surface area contributed by atoms with Crippen LogP contribution in [0, 0.1) is 24.4 Å². The van der Waals surface area contributed by atoms with Crippen molar-refractivity contribution in [1.29, 1.82) is 0 Å². The maximum absolute atomic E-state index is 13.2. The number of hydrogen-bond acceptors (Lipinski definition) is 5. The van der Waals surface area contributed by atoms with E-state index in [1.165, 1.54) is 78.9 Å². The van der Waals surface area contributed by atoms with Gasteiger partial charge in [0.25, 0.3) is 0 Å². The van der Waals surface area contributed by atoms with Gasteiger partial charge in [-0.3, -0.25) is 19.2 Å². The fourth-order valence-electron chi connectivity index (χ4n) is 7.79. The van der Waals surface area contributed by atoms with Crippen molar-refractivity contribution in [3.63, 3.8) is 0 Å². The lowest BCUT2D eigenvalue weighted by atomic mass is 9.97. The highest BCUT2D eigenvalue weighted by atomic mass is 19.4. The second-order valence-electron chi connectivity index (χ2n) is 17.1. The normalized spacial score (nSPS) is 10.9. The second-order valence-corrected chi connectivity index (χ2v) is 17.1. The Morgan fingerprint density at radius 1 is 0.397 bits per heavy atom. The molecule has 0 aliphatic rings. The number of carboxylic acids is 3. The van der Waals surface area contributed by atoms with Crippen LogP contribution >= 0.6 is 0 Å². The highest BCUT2D eigenvalue weighted by molar-refractivity contribution is 5.80. The third-order valence-corrected chi connectivity index (χ3v) is 11.4. The van der Waals surface area contributed by atoms with Gasteiger partial charge in [0.05, 0.1) is 43.4 Å². The minimum atomic E-state index is -4.38. The largest absolute Gasteiger partial charge is 0.481 e. The molecule has 0 radical (unpaired) electrons. The zero-order valence-electron chi connectivity index (χ0n) is 41.6. The van der Waals surface area contributed by atoms with E-state index in [4.69, 9.17) is 20.1 Å². The smallest absolute Gasteiger partial charge is 0.416 e. The van der Waals surface area contributed by atoms with Gasteiger partial charge in [0.15, 0.2) is 0 Å². The van der Waals surface area contributed by atoms with Crippen LogP contribution in [0.15, 0.2) is 182 Å².